The summed E-state index contributed by atoms with van der Waals surface area (Å²) in [6, 6.07) is 7.02. The zero-order valence-electron chi connectivity index (χ0n) is 13.8. The molecule has 1 aromatic carbocycles. The van der Waals surface area contributed by atoms with E-state index in [1.54, 1.807) is 30.5 Å². The summed E-state index contributed by atoms with van der Waals surface area (Å²) in [5, 5.41) is 6.78. The topological polar surface area (TPSA) is 66.9 Å². The number of nitrogens with one attached hydrogen (secondary N) is 2. The second kappa shape index (κ2) is 8.50. The third kappa shape index (κ3) is 4.83. The van der Waals surface area contributed by atoms with Gasteiger partial charge in [0.25, 0.3) is 5.91 Å². The molecular weight excluding hydrogens is 359 g/mol. The second-order valence-electron chi connectivity index (χ2n) is 6.15. The van der Waals surface area contributed by atoms with Crippen LogP contribution in [0.15, 0.2) is 30.5 Å². The van der Waals surface area contributed by atoms with E-state index in [-0.39, 0.29) is 11.6 Å². The monoisotopic (exact) mass is 378 g/mol. The van der Waals surface area contributed by atoms with Crippen molar-refractivity contribution in [2.45, 2.75) is 44.6 Å². The van der Waals surface area contributed by atoms with Gasteiger partial charge in [-0.1, -0.05) is 55.0 Å². The summed E-state index contributed by atoms with van der Waals surface area (Å²) in [4.78, 5) is 21.0. The maximum Gasteiger partial charge on any atom is 0.274 e. The number of aromatic nitrogens is 2. The molecule has 0 atom stereocenters. The minimum Gasteiger partial charge on any atom is -0.351 e. The quantitative estimate of drug-likeness (QED) is 0.720. The van der Waals surface area contributed by atoms with E-state index in [9.17, 15) is 4.79 Å². The molecule has 25 heavy (non-hydrogen) atoms. The predicted molar refractivity (Wildman–Crippen MR) is 102 cm³/mol. The Labute approximate surface area is 157 Å². The average molecular weight is 379 g/mol. The first-order valence-electron chi connectivity index (χ1n) is 8.48. The van der Waals surface area contributed by atoms with Gasteiger partial charge in [0, 0.05) is 12.2 Å². The number of hydrogen-bond donors (Lipinski definition) is 2. The van der Waals surface area contributed by atoms with E-state index in [0.717, 1.165) is 12.8 Å². The Kier molecular flexibility index (Phi) is 6.10. The molecule has 2 aromatic rings. The van der Waals surface area contributed by atoms with Gasteiger partial charge in [-0.05, 0) is 31.0 Å². The molecule has 1 amide bonds. The molecule has 5 nitrogen and oxygen atoms in total. The number of halogens is 2. The van der Waals surface area contributed by atoms with Gasteiger partial charge in [-0.25, -0.2) is 9.97 Å². The van der Waals surface area contributed by atoms with E-state index in [2.05, 4.69) is 20.6 Å². The highest BCUT2D eigenvalue weighted by molar-refractivity contribution is 6.44. The Morgan fingerprint density at radius 1 is 1.08 bits per heavy atom. The van der Waals surface area contributed by atoms with Crippen molar-refractivity contribution in [3.05, 3.63) is 46.2 Å². The maximum atomic E-state index is 12.4. The summed E-state index contributed by atoms with van der Waals surface area (Å²) in [6.07, 6.45) is 8.79. The Bertz CT molecular complexity index is 746. The van der Waals surface area contributed by atoms with E-state index < -0.39 is 0 Å². The van der Waals surface area contributed by atoms with Crippen LogP contribution in [0.1, 0.15) is 49.0 Å². The van der Waals surface area contributed by atoms with Crippen LogP contribution < -0.4 is 10.6 Å². The zero-order chi connectivity index (χ0) is 17.6. The maximum absolute atomic E-state index is 12.4. The van der Waals surface area contributed by atoms with Crippen LogP contribution in [-0.4, -0.2) is 21.9 Å². The van der Waals surface area contributed by atoms with Gasteiger partial charge in [-0.3, -0.25) is 4.79 Å². The number of hydrogen-bond acceptors (Lipinski definition) is 4. The zero-order valence-corrected chi connectivity index (χ0v) is 15.3. The van der Waals surface area contributed by atoms with Gasteiger partial charge in [-0.15, -0.1) is 0 Å². The standard InChI is InChI=1S/C18H20Cl2N4O/c19-13-8-5-9-14(16(13)20)23-17(25)15-10-11-21-18(24-15)22-12-6-3-1-2-4-7-12/h5,8-12H,1-4,6-7H2,(H,23,25)(H,21,22,24). The molecule has 132 valence electrons. The molecular formula is C18H20Cl2N4O. The summed E-state index contributed by atoms with van der Waals surface area (Å²) in [7, 11) is 0. The summed E-state index contributed by atoms with van der Waals surface area (Å²) in [6.45, 7) is 0. The van der Waals surface area contributed by atoms with E-state index in [4.69, 9.17) is 23.2 Å². The first kappa shape index (κ1) is 18.0. The lowest BCUT2D eigenvalue weighted by atomic mass is 10.1. The molecule has 0 aliphatic heterocycles. The summed E-state index contributed by atoms with van der Waals surface area (Å²) in [5.41, 5.74) is 0.734. The SMILES string of the molecule is O=C(Nc1cccc(Cl)c1Cl)c1ccnc(NC2CCCCCC2)n1. The van der Waals surface area contributed by atoms with Crippen LogP contribution in [0.2, 0.25) is 10.0 Å². The van der Waals surface area contributed by atoms with Crippen molar-refractivity contribution in [3.8, 4) is 0 Å². The van der Waals surface area contributed by atoms with Gasteiger partial charge in [0.1, 0.15) is 5.69 Å². The van der Waals surface area contributed by atoms with Gasteiger partial charge >= 0.3 is 0 Å². The van der Waals surface area contributed by atoms with Crippen molar-refractivity contribution in [2.24, 2.45) is 0 Å². The van der Waals surface area contributed by atoms with Crippen LogP contribution in [0.25, 0.3) is 0 Å². The Hall–Kier alpha value is -1.85. The highest BCUT2D eigenvalue weighted by atomic mass is 35.5. The molecule has 0 radical (unpaired) electrons. The predicted octanol–water partition coefficient (Wildman–Crippen LogP) is 5.17. The van der Waals surface area contributed by atoms with Crippen molar-refractivity contribution in [2.75, 3.05) is 10.6 Å². The molecule has 2 N–H and O–H groups in total. The van der Waals surface area contributed by atoms with Gasteiger partial charge in [-0.2, -0.15) is 0 Å². The first-order valence-corrected chi connectivity index (χ1v) is 9.24. The molecule has 0 spiro atoms. The molecule has 0 bridgehead atoms. The second-order valence-corrected chi connectivity index (χ2v) is 6.94. The average Bonchev–Trinajstić information content (AvgIpc) is 2.88. The molecule has 0 unspecified atom stereocenters. The molecule has 1 fully saturated rings. The van der Waals surface area contributed by atoms with E-state index in [1.807, 2.05) is 0 Å². The van der Waals surface area contributed by atoms with E-state index in [1.165, 1.54) is 25.7 Å². The van der Waals surface area contributed by atoms with Crippen LogP contribution in [0, 0.1) is 0 Å². The van der Waals surface area contributed by atoms with Gasteiger partial charge in [0.2, 0.25) is 5.95 Å². The fraction of sp³-hybridized carbons (Fsp3) is 0.389. The Morgan fingerprint density at radius 2 is 1.84 bits per heavy atom. The summed E-state index contributed by atoms with van der Waals surface area (Å²) >= 11 is 12.1. The molecule has 0 saturated heterocycles. The Morgan fingerprint density at radius 3 is 2.60 bits per heavy atom. The van der Waals surface area contributed by atoms with Gasteiger partial charge in [0.05, 0.1) is 15.7 Å². The third-order valence-corrected chi connectivity index (χ3v) is 5.10. The number of rotatable bonds is 4. The fourth-order valence-electron chi connectivity index (χ4n) is 2.95. The lowest BCUT2D eigenvalue weighted by Gasteiger charge is -2.16. The van der Waals surface area contributed by atoms with Crippen LogP contribution in [0.4, 0.5) is 11.6 Å². The number of carbonyl (C=O) groups excluding carboxylic acids is 1. The minimum absolute atomic E-state index is 0.280. The molecule has 3 rings (SSSR count). The van der Waals surface area contributed by atoms with E-state index >= 15 is 0 Å². The third-order valence-electron chi connectivity index (χ3n) is 4.28. The van der Waals surface area contributed by atoms with Crippen molar-refractivity contribution in [1.82, 2.24) is 9.97 Å². The van der Waals surface area contributed by atoms with Crippen molar-refractivity contribution >= 4 is 40.7 Å². The molecule has 1 saturated carbocycles. The number of nitrogens with zero attached hydrogens (tertiary/aromatic N) is 2. The van der Waals surface area contributed by atoms with Crippen molar-refractivity contribution in [1.29, 1.82) is 0 Å². The largest absolute Gasteiger partial charge is 0.351 e. The highest BCUT2D eigenvalue weighted by Gasteiger charge is 2.15. The van der Waals surface area contributed by atoms with Crippen molar-refractivity contribution < 1.29 is 4.79 Å². The van der Waals surface area contributed by atoms with Crippen LogP contribution in [-0.2, 0) is 0 Å². The molecule has 1 heterocycles. The number of benzene rings is 1. The van der Waals surface area contributed by atoms with E-state index in [0.29, 0.717) is 27.7 Å². The molecule has 1 aliphatic rings. The normalized spacial score (nSPS) is 15.4. The minimum atomic E-state index is -0.351. The van der Waals surface area contributed by atoms with Crippen LogP contribution in [0.3, 0.4) is 0 Å². The summed E-state index contributed by atoms with van der Waals surface area (Å²) in [5.74, 6) is 0.132. The highest BCUT2D eigenvalue weighted by Crippen LogP contribution is 2.29. The number of anilines is 2. The molecule has 7 heteroatoms. The van der Waals surface area contributed by atoms with Gasteiger partial charge < -0.3 is 10.6 Å². The number of amides is 1. The van der Waals surface area contributed by atoms with Crippen LogP contribution in [0.5, 0.6) is 0 Å². The Balaban J connectivity index is 1.69. The fourth-order valence-corrected chi connectivity index (χ4v) is 3.30. The first-order chi connectivity index (χ1) is 12.1. The number of carbonyl (C=O) groups is 1. The summed E-state index contributed by atoms with van der Waals surface area (Å²) < 4.78 is 0. The van der Waals surface area contributed by atoms with Crippen LogP contribution >= 0.6 is 23.2 Å². The lowest BCUT2D eigenvalue weighted by molar-refractivity contribution is 0.102. The lowest BCUT2D eigenvalue weighted by Crippen LogP contribution is -2.21. The smallest absolute Gasteiger partial charge is 0.274 e. The van der Waals surface area contributed by atoms with Crippen molar-refractivity contribution in [3.63, 3.8) is 0 Å². The molecule has 1 aliphatic carbocycles. The molecule has 1 aromatic heterocycles. The van der Waals surface area contributed by atoms with Gasteiger partial charge in [0.15, 0.2) is 0 Å².